The van der Waals surface area contributed by atoms with Crippen LogP contribution >= 0.6 is 0 Å². The summed E-state index contributed by atoms with van der Waals surface area (Å²) >= 11 is 0. The number of hydrogen-bond donors (Lipinski definition) is 1. The average molecular weight is 543 g/mol. The molecule has 0 aliphatic carbocycles. The summed E-state index contributed by atoms with van der Waals surface area (Å²) in [6, 6.07) is 7.23. The molecule has 1 N–H and O–H groups in total. The predicted molar refractivity (Wildman–Crippen MR) is 142 cm³/mol. The number of carbonyl (C=O) groups is 2. The van der Waals surface area contributed by atoms with Crippen LogP contribution in [0.3, 0.4) is 0 Å². The predicted octanol–water partition coefficient (Wildman–Crippen LogP) is 2.48. The molecular formula is C28H34N2O9. The van der Waals surface area contributed by atoms with Gasteiger partial charge in [-0.25, -0.2) is 0 Å². The smallest absolute Gasteiger partial charge is 0.295 e. The minimum atomic E-state index is -0.909. The van der Waals surface area contributed by atoms with Crippen molar-refractivity contribution in [3.8, 4) is 28.7 Å². The molecule has 0 bridgehead atoms. The molecule has 2 aliphatic rings. The van der Waals surface area contributed by atoms with Crippen LogP contribution in [-0.4, -0.2) is 102 Å². The molecule has 2 aromatic rings. The second-order valence-electron chi connectivity index (χ2n) is 8.97. The third kappa shape index (κ3) is 5.45. The van der Waals surface area contributed by atoms with Crippen molar-refractivity contribution >= 4 is 17.4 Å². The van der Waals surface area contributed by atoms with Crippen molar-refractivity contribution in [2.45, 2.75) is 6.04 Å². The van der Waals surface area contributed by atoms with Gasteiger partial charge in [0.2, 0.25) is 5.75 Å². The highest BCUT2D eigenvalue weighted by atomic mass is 16.5. The van der Waals surface area contributed by atoms with E-state index in [9.17, 15) is 14.7 Å². The second-order valence-corrected chi connectivity index (χ2v) is 8.97. The summed E-state index contributed by atoms with van der Waals surface area (Å²) in [5.41, 5.74) is 0.771. The Kier molecular flexibility index (Phi) is 8.82. The van der Waals surface area contributed by atoms with Gasteiger partial charge in [0, 0.05) is 31.7 Å². The highest BCUT2D eigenvalue weighted by Crippen LogP contribution is 2.46. The van der Waals surface area contributed by atoms with E-state index in [1.807, 2.05) is 0 Å². The summed E-state index contributed by atoms with van der Waals surface area (Å²) in [4.78, 5) is 30.6. The topological polar surface area (TPSA) is 116 Å². The number of nitrogens with zero attached hydrogens (tertiary/aromatic N) is 2. The van der Waals surface area contributed by atoms with Crippen LogP contribution in [0.4, 0.5) is 0 Å². The molecule has 1 atom stereocenters. The lowest BCUT2D eigenvalue weighted by Crippen LogP contribution is -2.42. The summed E-state index contributed by atoms with van der Waals surface area (Å²) in [6.45, 7) is 3.46. The zero-order valence-corrected chi connectivity index (χ0v) is 22.8. The lowest BCUT2D eigenvalue weighted by molar-refractivity contribution is -0.140. The number of ether oxygens (including phenoxy) is 6. The minimum absolute atomic E-state index is 0.0523. The van der Waals surface area contributed by atoms with Crippen LogP contribution in [-0.2, 0) is 14.3 Å². The number of carbonyl (C=O) groups excluding carboxylic acids is 2. The maximum absolute atomic E-state index is 13.5. The second kappa shape index (κ2) is 12.3. The van der Waals surface area contributed by atoms with Gasteiger partial charge in [-0.05, 0) is 35.9 Å². The average Bonchev–Trinajstić information content (AvgIpc) is 3.23. The molecule has 2 saturated heterocycles. The third-order valence-electron chi connectivity index (χ3n) is 6.96. The third-order valence-corrected chi connectivity index (χ3v) is 6.96. The molecule has 0 spiro atoms. The van der Waals surface area contributed by atoms with E-state index in [1.54, 1.807) is 30.3 Å². The van der Waals surface area contributed by atoms with Crippen LogP contribution in [0.5, 0.6) is 28.7 Å². The molecule has 2 aromatic carbocycles. The molecule has 0 saturated carbocycles. The Balaban J connectivity index is 1.86. The molecule has 2 fully saturated rings. The van der Waals surface area contributed by atoms with Crippen molar-refractivity contribution in [3.63, 3.8) is 0 Å². The SMILES string of the molecule is COc1ccc(C(O)=C2C(=O)C(=O)N(CCN3CCOCC3)C2c2cc(OC)c(OC)c(OC)c2)cc1OC. The van der Waals surface area contributed by atoms with Gasteiger partial charge in [0.15, 0.2) is 23.0 Å². The fourth-order valence-corrected chi connectivity index (χ4v) is 4.93. The molecule has 0 aromatic heterocycles. The monoisotopic (exact) mass is 542 g/mol. The Labute approximate surface area is 227 Å². The van der Waals surface area contributed by atoms with E-state index >= 15 is 0 Å². The molecule has 4 rings (SSSR count). The molecule has 210 valence electrons. The quantitative estimate of drug-likeness (QED) is 0.273. The molecular weight excluding hydrogens is 508 g/mol. The molecule has 11 nitrogen and oxygen atoms in total. The highest BCUT2D eigenvalue weighted by Gasteiger charge is 2.46. The van der Waals surface area contributed by atoms with Crippen LogP contribution < -0.4 is 23.7 Å². The van der Waals surface area contributed by atoms with Gasteiger partial charge in [-0.15, -0.1) is 0 Å². The van der Waals surface area contributed by atoms with Crippen LogP contribution in [0, 0.1) is 0 Å². The molecule has 2 aliphatic heterocycles. The van der Waals surface area contributed by atoms with Gasteiger partial charge < -0.3 is 38.4 Å². The van der Waals surface area contributed by atoms with E-state index in [2.05, 4.69) is 4.90 Å². The van der Waals surface area contributed by atoms with Crippen LogP contribution in [0.25, 0.3) is 5.76 Å². The summed E-state index contributed by atoms with van der Waals surface area (Å²) < 4.78 is 32.6. The van der Waals surface area contributed by atoms with Crippen LogP contribution in [0.2, 0.25) is 0 Å². The molecule has 39 heavy (non-hydrogen) atoms. The lowest BCUT2D eigenvalue weighted by Gasteiger charge is -2.31. The molecule has 0 radical (unpaired) electrons. The Morgan fingerprint density at radius 3 is 2.03 bits per heavy atom. The molecule has 2 heterocycles. The van der Waals surface area contributed by atoms with Crippen LogP contribution in [0.1, 0.15) is 17.2 Å². The van der Waals surface area contributed by atoms with Gasteiger partial charge in [-0.2, -0.15) is 0 Å². The zero-order valence-electron chi connectivity index (χ0n) is 22.8. The van der Waals surface area contributed by atoms with Gasteiger partial charge in [-0.1, -0.05) is 0 Å². The van der Waals surface area contributed by atoms with E-state index in [0.717, 1.165) is 13.1 Å². The van der Waals surface area contributed by atoms with Gasteiger partial charge in [0.05, 0.1) is 60.4 Å². The lowest BCUT2D eigenvalue weighted by atomic mass is 9.94. The number of Topliss-reactive ketones (excluding diaryl/α,β-unsaturated/α-hetero) is 1. The molecule has 1 amide bonds. The number of hydrogen-bond acceptors (Lipinski definition) is 10. The van der Waals surface area contributed by atoms with Crippen molar-refractivity contribution in [2.24, 2.45) is 0 Å². The number of rotatable bonds is 10. The molecule has 11 heteroatoms. The number of morpholine rings is 1. The first-order valence-electron chi connectivity index (χ1n) is 12.5. The maximum Gasteiger partial charge on any atom is 0.295 e. The maximum atomic E-state index is 13.5. The highest BCUT2D eigenvalue weighted by molar-refractivity contribution is 6.46. The number of amides is 1. The van der Waals surface area contributed by atoms with Gasteiger partial charge in [0.1, 0.15) is 5.76 Å². The number of ketones is 1. The van der Waals surface area contributed by atoms with Gasteiger partial charge in [0.25, 0.3) is 11.7 Å². The minimum Gasteiger partial charge on any atom is -0.507 e. The van der Waals surface area contributed by atoms with Gasteiger partial charge >= 0.3 is 0 Å². The molecule has 1 unspecified atom stereocenters. The van der Waals surface area contributed by atoms with E-state index in [0.29, 0.717) is 59.6 Å². The van der Waals surface area contributed by atoms with E-state index in [-0.39, 0.29) is 17.9 Å². The Bertz CT molecular complexity index is 1230. The van der Waals surface area contributed by atoms with Crippen molar-refractivity contribution in [3.05, 3.63) is 47.0 Å². The summed E-state index contributed by atoms with van der Waals surface area (Å²) in [5, 5.41) is 11.5. The van der Waals surface area contributed by atoms with E-state index in [1.165, 1.54) is 40.4 Å². The first kappa shape index (κ1) is 28.1. The fraction of sp³-hybridized carbons (Fsp3) is 0.429. The Morgan fingerprint density at radius 2 is 1.46 bits per heavy atom. The first-order valence-corrected chi connectivity index (χ1v) is 12.5. The van der Waals surface area contributed by atoms with Gasteiger partial charge in [-0.3, -0.25) is 14.5 Å². The normalized spacial score (nSPS) is 19.2. The zero-order chi connectivity index (χ0) is 28.1. The number of aliphatic hydroxyl groups is 1. The largest absolute Gasteiger partial charge is 0.507 e. The Hall–Kier alpha value is -3.96. The van der Waals surface area contributed by atoms with E-state index < -0.39 is 17.7 Å². The standard InChI is InChI=1S/C28H34N2O9/c1-34-19-7-6-17(14-20(19)35-2)25(31)23-24(18-15-21(36-3)27(38-5)22(16-18)37-4)30(28(33)26(23)32)9-8-29-10-12-39-13-11-29/h6-7,14-16,24,31H,8-13H2,1-5H3. The summed E-state index contributed by atoms with van der Waals surface area (Å²) in [5.74, 6) is 0.0879. The van der Waals surface area contributed by atoms with Crippen molar-refractivity contribution in [1.82, 2.24) is 9.80 Å². The van der Waals surface area contributed by atoms with Crippen molar-refractivity contribution in [1.29, 1.82) is 0 Å². The van der Waals surface area contributed by atoms with E-state index in [4.69, 9.17) is 28.4 Å². The number of likely N-dealkylation sites (tertiary alicyclic amines) is 1. The van der Waals surface area contributed by atoms with Crippen molar-refractivity contribution < 1.29 is 43.1 Å². The first-order chi connectivity index (χ1) is 18.9. The summed E-state index contributed by atoms with van der Waals surface area (Å²) in [6.07, 6.45) is 0. The number of aliphatic hydroxyl groups excluding tert-OH is 1. The Morgan fingerprint density at radius 1 is 0.846 bits per heavy atom. The summed E-state index contributed by atoms with van der Waals surface area (Å²) in [7, 11) is 7.44. The fourth-order valence-electron chi connectivity index (χ4n) is 4.93. The van der Waals surface area contributed by atoms with Crippen molar-refractivity contribution in [2.75, 3.05) is 74.9 Å². The number of benzene rings is 2. The number of methoxy groups -OCH3 is 5. The van der Waals surface area contributed by atoms with Crippen LogP contribution in [0.15, 0.2) is 35.9 Å².